The Balaban J connectivity index is 1.82. The standard InChI is InChI=1S/C13H12N4OS2/c1-8-7-20-13-15-9(2)10(17(8)13)6-14-16-12(18)11-4-3-5-19-11/h3-7H,1-2H3,(H,16,18)/b14-6-. The summed E-state index contributed by atoms with van der Waals surface area (Å²) >= 11 is 2.98. The predicted molar refractivity (Wildman–Crippen MR) is 81.9 cm³/mol. The number of amides is 1. The van der Waals surface area contributed by atoms with Crippen LogP contribution in [0.15, 0.2) is 28.0 Å². The van der Waals surface area contributed by atoms with Crippen molar-refractivity contribution in [2.45, 2.75) is 13.8 Å². The number of hydrogen-bond donors (Lipinski definition) is 1. The number of rotatable bonds is 3. The van der Waals surface area contributed by atoms with Gasteiger partial charge in [0, 0.05) is 11.1 Å². The quantitative estimate of drug-likeness (QED) is 0.597. The number of carbonyl (C=O) groups is 1. The van der Waals surface area contributed by atoms with E-state index < -0.39 is 0 Å². The first-order valence-electron chi connectivity index (χ1n) is 5.97. The second-order valence-corrected chi connectivity index (χ2v) is 6.04. The molecule has 0 aliphatic carbocycles. The molecule has 3 aromatic heterocycles. The average molecular weight is 304 g/mol. The van der Waals surface area contributed by atoms with Gasteiger partial charge in [-0.3, -0.25) is 9.20 Å². The molecule has 0 aliphatic heterocycles. The molecule has 0 unspecified atom stereocenters. The van der Waals surface area contributed by atoms with Gasteiger partial charge in [-0.1, -0.05) is 6.07 Å². The molecule has 1 amide bonds. The Hall–Kier alpha value is -1.99. The molecule has 20 heavy (non-hydrogen) atoms. The van der Waals surface area contributed by atoms with Gasteiger partial charge >= 0.3 is 0 Å². The predicted octanol–water partition coefficient (Wildman–Crippen LogP) is 2.84. The van der Waals surface area contributed by atoms with Crippen molar-refractivity contribution in [1.29, 1.82) is 0 Å². The van der Waals surface area contributed by atoms with Gasteiger partial charge in [-0.15, -0.1) is 22.7 Å². The molecule has 7 heteroatoms. The fraction of sp³-hybridized carbons (Fsp3) is 0.154. The maximum atomic E-state index is 11.8. The van der Waals surface area contributed by atoms with Crippen LogP contribution in [0.4, 0.5) is 0 Å². The molecule has 3 rings (SSSR count). The second kappa shape index (κ2) is 5.18. The summed E-state index contributed by atoms with van der Waals surface area (Å²) in [5.41, 5.74) is 5.43. The normalized spacial score (nSPS) is 11.5. The van der Waals surface area contributed by atoms with Crippen LogP contribution in [0.3, 0.4) is 0 Å². The number of thiophene rings is 1. The van der Waals surface area contributed by atoms with Crippen LogP contribution in [0, 0.1) is 13.8 Å². The van der Waals surface area contributed by atoms with Gasteiger partial charge in [0.1, 0.15) is 0 Å². The topological polar surface area (TPSA) is 58.8 Å². The summed E-state index contributed by atoms with van der Waals surface area (Å²) in [6, 6.07) is 3.60. The van der Waals surface area contributed by atoms with E-state index in [9.17, 15) is 4.79 Å². The highest BCUT2D eigenvalue weighted by Gasteiger charge is 2.10. The number of hydrogen-bond acceptors (Lipinski definition) is 5. The van der Waals surface area contributed by atoms with E-state index in [0.29, 0.717) is 4.88 Å². The molecule has 0 saturated heterocycles. The van der Waals surface area contributed by atoms with Crippen molar-refractivity contribution >= 4 is 39.8 Å². The maximum absolute atomic E-state index is 11.8. The molecule has 1 N–H and O–H groups in total. The van der Waals surface area contributed by atoms with Gasteiger partial charge in [-0.05, 0) is 25.3 Å². The van der Waals surface area contributed by atoms with Crippen LogP contribution in [-0.4, -0.2) is 21.5 Å². The Morgan fingerprint density at radius 2 is 2.30 bits per heavy atom. The number of aromatic nitrogens is 2. The first-order valence-corrected chi connectivity index (χ1v) is 7.73. The Morgan fingerprint density at radius 1 is 1.45 bits per heavy atom. The summed E-state index contributed by atoms with van der Waals surface area (Å²) in [7, 11) is 0. The van der Waals surface area contributed by atoms with Gasteiger partial charge in [-0.2, -0.15) is 5.10 Å². The molecule has 3 aromatic rings. The minimum Gasteiger partial charge on any atom is -0.286 e. The third kappa shape index (κ3) is 2.25. The lowest BCUT2D eigenvalue weighted by atomic mass is 10.3. The van der Waals surface area contributed by atoms with Crippen LogP contribution in [0.25, 0.3) is 4.96 Å². The second-order valence-electron chi connectivity index (χ2n) is 4.25. The van der Waals surface area contributed by atoms with Crippen LogP contribution in [0.1, 0.15) is 26.8 Å². The van der Waals surface area contributed by atoms with E-state index in [4.69, 9.17) is 0 Å². The van der Waals surface area contributed by atoms with Crippen molar-refractivity contribution < 1.29 is 4.79 Å². The summed E-state index contributed by atoms with van der Waals surface area (Å²) < 4.78 is 2.03. The Kier molecular flexibility index (Phi) is 3.37. The lowest BCUT2D eigenvalue weighted by Crippen LogP contribution is -2.16. The highest BCUT2D eigenvalue weighted by Crippen LogP contribution is 2.19. The van der Waals surface area contributed by atoms with Gasteiger partial charge in [0.05, 0.1) is 22.5 Å². The van der Waals surface area contributed by atoms with E-state index in [1.54, 1.807) is 23.6 Å². The van der Waals surface area contributed by atoms with Crippen LogP contribution in [0.5, 0.6) is 0 Å². The molecule has 0 saturated carbocycles. The number of aryl methyl sites for hydroxylation is 2. The molecule has 0 radical (unpaired) electrons. The zero-order valence-corrected chi connectivity index (χ0v) is 12.6. The van der Waals surface area contributed by atoms with Crippen molar-refractivity contribution in [1.82, 2.24) is 14.8 Å². The summed E-state index contributed by atoms with van der Waals surface area (Å²) in [5.74, 6) is -0.197. The summed E-state index contributed by atoms with van der Waals surface area (Å²) in [6.07, 6.45) is 1.64. The van der Waals surface area contributed by atoms with Crippen LogP contribution >= 0.6 is 22.7 Å². The number of imidazole rings is 1. The van der Waals surface area contributed by atoms with E-state index >= 15 is 0 Å². The smallest absolute Gasteiger partial charge is 0.281 e. The molecule has 0 aliphatic rings. The van der Waals surface area contributed by atoms with Gasteiger partial charge in [0.2, 0.25) is 0 Å². The Bertz CT molecular complexity index is 783. The van der Waals surface area contributed by atoms with Crippen molar-refractivity contribution in [3.05, 3.63) is 44.9 Å². The molecular weight excluding hydrogens is 292 g/mol. The highest BCUT2D eigenvalue weighted by molar-refractivity contribution is 7.15. The molecule has 0 atom stereocenters. The van der Waals surface area contributed by atoms with Gasteiger partial charge in [-0.25, -0.2) is 10.4 Å². The van der Waals surface area contributed by atoms with Gasteiger partial charge in [0.15, 0.2) is 4.96 Å². The molecule has 0 fully saturated rings. The number of nitrogens with zero attached hydrogens (tertiary/aromatic N) is 3. The molecular formula is C13H12N4OS2. The molecule has 0 spiro atoms. The molecule has 3 heterocycles. The first-order chi connectivity index (χ1) is 9.66. The van der Waals surface area contributed by atoms with Gasteiger partial charge < -0.3 is 0 Å². The summed E-state index contributed by atoms with van der Waals surface area (Å²) in [6.45, 7) is 3.95. The molecule has 0 aromatic carbocycles. The van der Waals surface area contributed by atoms with E-state index in [1.165, 1.54) is 11.3 Å². The number of carbonyl (C=O) groups excluding carboxylic acids is 1. The molecule has 5 nitrogen and oxygen atoms in total. The minimum absolute atomic E-state index is 0.197. The highest BCUT2D eigenvalue weighted by atomic mass is 32.1. The lowest BCUT2D eigenvalue weighted by molar-refractivity contribution is 0.0959. The van der Waals surface area contributed by atoms with E-state index in [2.05, 4.69) is 15.5 Å². The first kappa shape index (κ1) is 13.0. The number of nitrogens with one attached hydrogen (secondary N) is 1. The maximum Gasteiger partial charge on any atom is 0.281 e. The zero-order valence-electron chi connectivity index (χ0n) is 11.0. The summed E-state index contributed by atoms with van der Waals surface area (Å²) in [4.78, 5) is 17.8. The fourth-order valence-corrected chi connectivity index (χ4v) is 3.42. The minimum atomic E-state index is -0.197. The average Bonchev–Trinajstić information content (AvgIpc) is 3.11. The van der Waals surface area contributed by atoms with Crippen LogP contribution < -0.4 is 5.43 Å². The van der Waals surface area contributed by atoms with Crippen LogP contribution in [0.2, 0.25) is 0 Å². The number of fused-ring (bicyclic) bond motifs is 1. The largest absolute Gasteiger partial charge is 0.286 e. The van der Waals surface area contributed by atoms with Gasteiger partial charge in [0.25, 0.3) is 5.91 Å². The van der Waals surface area contributed by atoms with E-state index in [1.807, 2.05) is 35.1 Å². The third-order valence-corrected chi connectivity index (χ3v) is 4.66. The van der Waals surface area contributed by atoms with Crippen molar-refractivity contribution in [3.8, 4) is 0 Å². The number of hydrazone groups is 1. The van der Waals surface area contributed by atoms with Crippen molar-refractivity contribution in [2.75, 3.05) is 0 Å². The fourth-order valence-electron chi connectivity index (χ4n) is 1.89. The molecule has 102 valence electrons. The monoisotopic (exact) mass is 304 g/mol. The van der Waals surface area contributed by atoms with E-state index in [-0.39, 0.29) is 5.91 Å². The Morgan fingerprint density at radius 3 is 3.05 bits per heavy atom. The van der Waals surface area contributed by atoms with Crippen molar-refractivity contribution in [2.24, 2.45) is 5.10 Å². The summed E-state index contributed by atoms with van der Waals surface area (Å²) in [5, 5.41) is 7.93. The number of thiazole rings is 1. The zero-order chi connectivity index (χ0) is 14.1. The lowest BCUT2D eigenvalue weighted by Gasteiger charge is -1.97. The third-order valence-electron chi connectivity index (χ3n) is 2.85. The van der Waals surface area contributed by atoms with Crippen molar-refractivity contribution in [3.63, 3.8) is 0 Å². The molecule has 0 bridgehead atoms. The Labute approximate surface area is 123 Å². The van der Waals surface area contributed by atoms with Crippen LogP contribution in [-0.2, 0) is 0 Å². The van der Waals surface area contributed by atoms with E-state index in [0.717, 1.165) is 22.0 Å². The SMILES string of the molecule is Cc1nc2scc(C)n2c1/C=N\NC(=O)c1cccs1.